The Balaban J connectivity index is 0.000000106. The third-order valence-corrected chi connectivity index (χ3v) is 29.0. The third kappa shape index (κ3) is 15.1. The molecule has 0 spiro atoms. The normalized spacial score (nSPS) is 11.7. The summed E-state index contributed by atoms with van der Waals surface area (Å²) >= 11 is 0. The van der Waals surface area contributed by atoms with Gasteiger partial charge in [-0.15, -0.1) is 0 Å². The molecule has 0 aliphatic rings. The average molecular weight is 1920 g/mol. The van der Waals surface area contributed by atoms with Crippen molar-refractivity contribution in [2.24, 2.45) is 0 Å². The van der Waals surface area contributed by atoms with Crippen molar-refractivity contribution < 1.29 is 13.3 Å². The molecule has 0 aliphatic carbocycles. The van der Waals surface area contributed by atoms with Crippen LogP contribution in [0.3, 0.4) is 0 Å². The van der Waals surface area contributed by atoms with Gasteiger partial charge in [0.1, 0.15) is 33.5 Å². The topological polar surface area (TPSA) is 170 Å². The molecule has 700 valence electrons. The third-order valence-electron chi connectivity index (χ3n) is 29.0. The second kappa shape index (κ2) is 35.8. The van der Waals surface area contributed by atoms with Crippen LogP contribution in [0.25, 0.3) is 294 Å². The van der Waals surface area contributed by atoms with Crippen LogP contribution in [0.1, 0.15) is 0 Å². The molecule has 0 atom stereocenters. The summed E-state index contributed by atoms with van der Waals surface area (Å²) in [6.45, 7) is 0. The maximum Gasteiger partial charge on any atom is 0.238 e. The highest BCUT2D eigenvalue weighted by Gasteiger charge is 2.26. The SMILES string of the molecule is c1cc(-c2nc(-c3ccc(-c4ccc5ccccc5c4)cc3)nc(-c3ccc4c(c3)oc3ccccc34)n2)cc(-n2c3ccccc3c3ccccc32)c1.c1ccc2c(-c3ccc(-c4nc(-c5ccc6c(c5)oc5ccccc56)nc(-n5c6ccccc6c6ccccc65)n4)cc3)cccc2c1.c1ccc2c(-c3ccc(-c4nc(-c5ccc6c(c5)oc5ccccc56)nc(-n5c6ccccc6c6ccccc65)n4)cc3)cccc2c1. The molecule has 0 aliphatic heterocycles. The van der Waals surface area contributed by atoms with Crippen LogP contribution < -0.4 is 0 Å². The van der Waals surface area contributed by atoms with Crippen LogP contribution in [-0.2, 0) is 0 Å². The highest BCUT2D eigenvalue weighted by atomic mass is 16.3. The maximum absolute atomic E-state index is 6.28. The largest absolute Gasteiger partial charge is 0.456 e. The minimum absolute atomic E-state index is 0.565. The van der Waals surface area contributed by atoms with E-state index in [0.717, 1.165) is 182 Å². The number of fused-ring (bicyclic) bond motifs is 21. The Morgan fingerprint density at radius 1 is 0.133 bits per heavy atom. The van der Waals surface area contributed by atoms with Crippen molar-refractivity contribution in [3.8, 4) is 131 Å². The van der Waals surface area contributed by atoms with E-state index in [4.69, 9.17) is 58.1 Å². The predicted molar refractivity (Wildman–Crippen MR) is 611 cm³/mol. The lowest BCUT2D eigenvalue weighted by Gasteiger charge is -2.12. The molecule has 0 fully saturated rings. The molecule has 9 aromatic heterocycles. The zero-order valence-corrected chi connectivity index (χ0v) is 80.4. The smallest absolute Gasteiger partial charge is 0.238 e. The van der Waals surface area contributed by atoms with Gasteiger partial charge in [-0.1, -0.05) is 388 Å². The fourth-order valence-corrected chi connectivity index (χ4v) is 21.8. The number of hydrogen-bond donors (Lipinski definition) is 0. The first-order valence-electron chi connectivity index (χ1n) is 50.2. The minimum Gasteiger partial charge on any atom is -0.456 e. The Hall–Kier alpha value is -20.6. The number of hydrogen-bond acceptors (Lipinski definition) is 12. The van der Waals surface area contributed by atoms with Gasteiger partial charge < -0.3 is 17.8 Å². The van der Waals surface area contributed by atoms with Crippen molar-refractivity contribution in [2.75, 3.05) is 0 Å². The van der Waals surface area contributed by atoms with Crippen molar-refractivity contribution in [3.63, 3.8) is 0 Å². The van der Waals surface area contributed by atoms with Crippen molar-refractivity contribution in [1.29, 1.82) is 0 Å². The first kappa shape index (κ1) is 86.2. The van der Waals surface area contributed by atoms with Gasteiger partial charge in [-0.05, 0) is 175 Å². The Morgan fingerprint density at radius 2 is 0.387 bits per heavy atom. The van der Waals surface area contributed by atoms with Crippen LogP contribution in [0, 0.1) is 0 Å². The van der Waals surface area contributed by atoms with E-state index in [9.17, 15) is 0 Å². The van der Waals surface area contributed by atoms with Crippen molar-refractivity contribution in [2.45, 2.75) is 0 Å². The number of benzene rings is 22. The number of furan rings is 3. The Morgan fingerprint density at radius 3 is 0.767 bits per heavy atom. The highest BCUT2D eigenvalue weighted by Crippen LogP contribution is 2.44. The van der Waals surface area contributed by atoms with Gasteiger partial charge in [-0.25, -0.2) is 24.9 Å². The number of nitrogens with zero attached hydrogens (tertiary/aromatic N) is 12. The van der Waals surface area contributed by atoms with Gasteiger partial charge in [0, 0.05) is 109 Å². The molecule has 0 saturated carbocycles. The van der Waals surface area contributed by atoms with E-state index < -0.39 is 0 Å². The minimum atomic E-state index is 0.565. The molecule has 0 N–H and O–H groups in total. The van der Waals surface area contributed by atoms with Gasteiger partial charge in [0.05, 0.1) is 33.1 Å². The maximum atomic E-state index is 6.28. The molecule has 0 unspecified atom stereocenters. The molecule has 9 heterocycles. The summed E-state index contributed by atoms with van der Waals surface area (Å²) in [5.74, 6) is 5.28. The van der Waals surface area contributed by atoms with Crippen LogP contribution in [-0.4, -0.2) is 58.6 Å². The van der Waals surface area contributed by atoms with E-state index >= 15 is 0 Å². The molecular weight excluding hydrogens is 1840 g/mol. The van der Waals surface area contributed by atoms with Crippen LogP contribution in [0.15, 0.2) is 511 Å². The predicted octanol–water partition coefficient (Wildman–Crippen LogP) is 34.7. The van der Waals surface area contributed by atoms with E-state index in [1.165, 1.54) is 59.8 Å². The first-order valence-corrected chi connectivity index (χ1v) is 50.2. The monoisotopic (exact) mass is 1920 g/mol. The van der Waals surface area contributed by atoms with Crippen LogP contribution in [0.2, 0.25) is 0 Å². The Labute approximate surface area is 857 Å². The van der Waals surface area contributed by atoms with Gasteiger partial charge in [-0.3, -0.25) is 9.13 Å². The van der Waals surface area contributed by atoms with Gasteiger partial charge in [0.25, 0.3) is 0 Å². The first-order chi connectivity index (χ1) is 74.3. The zero-order valence-electron chi connectivity index (χ0n) is 80.4. The van der Waals surface area contributed by atoms with Gasteiger partial charge >= 0.3 is 0 Å². The van der Waals surface area contributed by atoms with E-state index in [2.05, 4.69) is 438 Å². The number of para-hydroxylation sites is 9. The summed E-state index contributed by atoms with van der Waals surface area (Å²) in [5, 5.41) is 20.8. The lowest BCUT2D eigenvalue weighted by molar-refractivity contribution is 0.668. The van der Waals surface area contributed by atoms with Crippen molar-refractivity contribution in [1.82, 2.24) is 58.6 Å². The van der Waals surface area contributed by atoms with E-state index in [1.807, 2.05) is 72.8 Å². The molecule has 0 saturated heterocycles. The molecule has 22 aromatic carbocycles. The summed E-state index contributed by atoms with van der Waals surface area (Å²) in [5.41, 5.74) is 25.7. The molecule has 31 aromatic rings. The van der Waals surface area contributed by atoms with Crippen LogP contribution in [0.4, 0.5) is 0 Å². The van der Waals surface area contributed by atoms with Crippen molar-refractivity contribution >= 4 is 164 Å². The van der Waals surface area contributed by atoms with E-state index in [-0.39, 0.29) is 0 Å². The zero-order chi connectivity index (χ0) is 98.8. The van der Waals surface area contributed by atoms with Gasteiger partial charge in [0.15, 0.2) is 40.8 Å². The van der Waals surface area contributed by atoms with Gasteiger partial charge in [-0.2, -0.15) is 19.9 Å². The fraction of sp³-hybridized carbons (Fsp3) is 0. The summed E-state index contributed by atoms with van der Waals surface area (Å²) in [7, 11) is 0. The van der Waals surface area contributed by atoms with Crippen LogP contribution >= 0.6 is 0 Å². The van der Waals surface area contributed by atoms with Crippen LogP contribution in [0.5, 0.6) is 0 Å². The summed E-state index contributed by atoms with van der Waals surface area (Å²) in [6.07, 6.45) is 0. The van der Waals surface area contributed by atoms with E-state index in [0.29, 0.717) is 52.7 Å². The molecule has 0 amide bonds. The molecule has 0 radical (unpaired) electrons. The second-order valence-electron chi connectivity index (χ2n) is 37.8. The molecule has 0 bridgehead atoms. The molecule has 31 rings (SSSR count). The molecule has 150 heavy (non-hydrogen) atoms. The standard InChI is InChI=1S/C49H30N4O.2C43H26N4O/c1-2-11-34-28-35(25-22-31(34)10-1)32-20-23-33(24-21-32)47-50-48(52-49(51-47)37-26-27-42-41-16-5-8-19-45(41)54-46(42)30-37)36-12-9-13-38(29-36)53-43-17-6-3-14-39(43)40-15-4-7-18-44(40)53;2*1-2-12-31-27(10-1)11-9-16-32(31)28-20-22-29(23-21-28)41-44-42(30-24-25-36-35-15-5-8-19-39(35)48-40(36)26-30)46-43(45-41)47-37-17-6-3-13-33(37)34-14-4-7-18-38(34)47/h1-30H;2*1-26H. The lowest BCUT2D eigenvalue weighted by Crippen LogP contribution is -2.06. The number of aromatic nitrogens is 12. The van der Waals surface area contributed by atoms with E-state index in [1.54, 1.807) is 0 Å². The summed E-state index contributed by atoms with van der Waals surface area (Å²) < 4.78 is 25.4. The Bertz CT molecular complexity index is 10300. The molecule has 15 nitrogen and oxygen atoms in total. The fourth-order valence-electron chi connectivity index (χ4n) is 21.8. The quantitative estimate of drug-likeness (QED) is 0.107. The van der Waals surface area contributed by atoms with Crippen molar-refractivity contribution in [3.05, 3.63) is 497 Å². The summed E-state index contributed by atoms with van der Waals surface area (Å²) in [6, 6.07) is 173. The molecular formula is C135H82N12O3. The number of rotatable bonds is 13. The lowest BCUT2D eigenvalue weighted by atomic mass is 9.97. The molecule has 15 heteroatoms. The Kier molecular flexibility index (Phi) is 20.6. The highest BCUT2D eigenvalue weighted by molar-refractivity contribution is 6.14. The average Bonchev–Trinajstić information content (AvgIpc) is 1.58. The second-order valence-corrected chi connectivity index (χ2v) is 37.8. The summed E-state index contributed by atoms with van der Waals surface area (Å²) in [4.78, 5) is 46.0. The van der Waals surface area contributed by atoms with Gasteiger partial charge in [0.2, 0.25) is 11.9 Å².